The Hall–Kier alpha value is -2.50. The smallest absolute Gasteiger partial charge is 0.304 e. The Morgan fingerprint density at radius 1 is 1.32 bits per heavy atom. The molecule has 0 saturated carbocycles. The lowest BCUT2D eigenvalue weighted by Crippen LogP contribution is -2.37. The van der Waals surface area contributed by atoms with Crippen molar-refractivity contribution in [3.05, 3.63) is 47.0 Å². The molecule has 1 atom stereocenters. The molecule has 0 spiro atoms. The van der Waals surface area contributed by atoms with Gasteiger partial charge in [0.15, 0.2) is 5.69 Å². The van der Waals surface area contributed by atoms with E-state index >= 15 is 0 Å². The minimum Gasteiger partial charge on any atom is -0.497 e. The fourth-order valence-corrected chi connectivity index (χ4v) is 2.63. The number of carboxylic acids is 1. The van der Waals surface area contributed by atoms with Gasteiger partial charge >= 0.3 is 11.8 Å². The van der Waals surface area contributed by atoms with Crippen LogP contribution in [0.25, 0.3) is 0 Å². The van der Waals surface area contributed by atoms with Gasteiger partial charge in [-0.25, -0.2) is 4.57 Å². The lowest BCUT2D eigenvalue weighted by molar-refractivity contribution is -0.686. The Labute approximate surface area is 129 Å². The molecule has 2 rings (SSSR count). The van der Waals surface area contributed by atoms with Crippen LogP contribution >= 0.6 is 0 Å². The zero-order valence-electron chi connectivity index (χ0n) is 13.2. The first-order valence-corrected chi connectivity index (χ1v) is 6.99. The number of imidazole rings is 1. The van der Waals surface area contributed by atoms with Crippen molar-refractivity contribution in [3.8, 4) is 5.75 Å². The van der Waals surface area contributed by atoms with Crippen molar-refractivity contribution in [2.75, 3.05) is 7.11 Å². The van der Waals surface area contributed by atoms with E-state index in [1.807, 2.05) is 30.7 Å². The van der Waals surface area contributed by atoms with E-state index in [-0.39, 0.29) is 6.42 Å². The lowest BCUT2D eigenvalue weighted by atomic mass is 9.94. The topological polar surface area (TPSA) is 75.6 Å². The molecule has 0 aliphatic heterocycles. The van der Waals surface area contributed by atoms with E-state index in [4.69, 9.17) is 4.74 Å². The molecule has 0 amide bonds. The summed E-state index contributed by atoms with van der Waals surface area (Å²) in [6, 6.07) is 7.22. The van der Waals surface area contributed by atoms with E-state index < -0.39 is 11.9 Å². The number of methoxy groups -OCH3 is 1. The van der Waals surface area contributed by atoms with Crippen LogP contribution in [-0.2, 0) is 11.8 Å². The molecule has 0 unspecified atom stereocenters. The van der Waals surface area contributed by atoms with Crippen molar-refractivity contribution in [2.24, 2.45) is 7.05 Å². The van der Waals surface area contributed by atoms with Gasteiger partial charge < -0.3 is 15.1 Å². The fourth-order valence-electron chi connectivity index (χ4n) is 2.63. The van der Waals surface area contributed by atoms with Gasteiger partial charge in [0.1, 0.15) is 11.4 Å². The quantitative estimate of drug-likeness (QED) is 0.652. The van der Waals surface area contributed by atoms with Crippen molar-refractivity contribution in [3.63, 3.8) is 0 Å². The maximum absolute atomic E-state index is 11.3. The number of aliphatic carboxylic acids is 1. The van der Waals surface area contributed by atoms with E-state index in [9.17, 15) is 15.1 Å². The highest BCUT2D eigenvalue weighted by molar-refractivity contribution is 5.68. The second-order valence-corrected chi connectivity index (χ2v) is 5.32. The van der Waals surface area contributed by atoms with Gasteiger partial charge in [-0.05, 0) is 22.4 Å². The molecule has 0 aliphatic carbocycles. The van der Waals surface area contributed by atoms with Gasteiger partial charge in [0.05, 0.1) is 26.5 Å². The van der Waals surface area contributed by atoms with Crippen LogP contribution in [0.3, 0.4) is 0 Å². The monoisotopic (exact) mass is 305 g/mol. The number of hydrogen-bond acceptors (Lipinski definition) is 3. The molecule has 0 fully saturated rings. The van der Waals surface area contributed by atoms with E-state index in [2.05, 4.69) is 0 Å². The number of hydrogen-bond donors (Lipinski definition) is 2. The third kappa shape index (κ3) is 2.77. The molecule has 1 aromatic heterocycles. The largest absolute Gasteiger partial charge is 0.497 e. The van der Waals surface area contributed by atoms with E-state index in [1.54, 1.807) is 26.2 Å². The summed E-state index contributed by atoms with van der Waals surface area (Å²) in [6.07, 6.45) is -0.108. The summed E-state index contributed by atoms with van der Waals surface area (Å²) in [4.78, 5) is 11.3. The molecule has 0 radical (unpaired) electrons. The Balaban J connectivity index is 2.55. The summed E-state index contributed by atoms with van der Waals surface area (Å²) in [7, 11) is 3.40. The molecule has 2 aromatic rings. The number of nitrogens with zero attached hydrogens (tertiary/aromatic N) is 2. The highest BCUT2D eigenvalue weighted by atomic mass is 16.5. The van der Waals surface area contributed by atoms with Crippen LogP contribution in [-0.4, -0.2) is 28.1 Å². The highest BCUT2D eigenvalue weighted by Crippen LogP contribution is 2.28. The maximum atomic E-state index is 11.3. The zero-order valence-corrected chi connectivity index (χ0v) is 13.2. The van der Waals surface area contributed by atoms with Crippen LogP contribution in [0.4, 0.5) is 0 Å². The summed E-state index contributed by atoms with van der Waals surface area (Å²) in [5.41, 5.74) is 2.40. The molecule has 118 valence electrons. The second-order valence-electron chi connectivity index (χ2n) is 5.32. The molecular formula is C16H21N2O4+. The Morgan fingerprint density at radius 3 is 2.32 bits per heavy atom. The van der Waals surface area contributed by atoms with Crippen LogP contribution in [0.5, 0.6) is 5.75 Å². The molecule has 1 heterocycles. The van der Waals surface area contributed by atoms with E-state index in [1.165, 1.54) is 0 Å². The summed E-state index contributed by atoms with van der Waals surface area (Å²) >= 11 is 0. The predicted octanol–water partition coefficient (Wildman–Crippen LogP) is 1.78. The van der Waals surface area contributed by atoms with Crippen molar-refractivity contribution < 1.29 is 24.4 Å². The first kappa shape index (κ1) is 15.9. The van der Waals surface area contributed by atoms with E-state index in [0.29, 0.717) is 17.3 Å². The Morgan fingerprint density at radius 2 is 1.91 bits per heavy atom. The standard InChI is InChI=1S/C16H20N2O4/c1-10-11(2)18(21)16(17(10)3)14(9-15(19)20)12-5-7-13(22-4)8-6-12/h5-8,14H,9H2,1-4H3,(H-,19,20,21)/p+1/t14-/m1/s1. The summed E-state index contributed by atoms with van der Waals surface area (Å²) in [6.45, 7) is 3.68. The summed E-state index contributed by atoms with van der Waals surface area (Å²) in [5.74, 6) is -0.125. The van der Waals surface area contributed by atoms with Gasteiger partial charge in [-0.2, -0.15) is 0 Å². The minimum atomic E-state index is -0.919. The number of benzene rings is 1. The molecule has 6 heteroatoms. The predicted molar refractivity (Wildman–Crippen MR) is 79.4 cm³/mol. The number of rotatable bonds is 5. The van der Waals surface area contributed by atoms with Crippen LogP contribution in [0.15, 0.2) is 24.3 Å². The number of aromatic nitrogens is 2. The molecule has 6 nitrogen and oxygen atoms in total. The van der Waals surface area contributed by atoms with Crippen molar-refractivity contribution in [1.29, 1.82) is 0 Å². The summed E-state index contributed by atoms with van der Waals surface area (Å²) < 4.78 is 8.03. The normalized spacial score (nSPS) is 12.2. The molecule has 22 heavy (non-hydrogen) atoms. The Bertz CT molecular complexity index is 664. The molecule has 0 aliphatic rings. The third-order valence-corrected chi connectivity index (χ3v) is 4.11. The van der Waals surface area contributed by atoms with Gasteiger partial charge in [-0.3, -0.25) is 4.79 Å². The number of ether oxygens (including phenoxy) is 1. The van der Waals surface area contributed by atoms with Crippen LogP contribution in [0.1, 0.15) is 35.1 Å². The van der Waals surface area contributed by atoms with Gasteiger partial charge in [-0.1, -0.05) is 12.1 Å². The van der Waals surface area contributed by atoms with Crippen LogP contribution in [0.2, 0.25) is 0 Å². The van der Waals surface area contributed by atoms with Crippen molar-refractivity contribution in [1.82, 2.24) is 4.73 Å². The summed E-state index contributed by atoms with van der Waals surface area (Å²) in [5, 5.41) is 19.6. The molecule has 1 aromatic carbocycles. The highest BCUT2D eigenvalue weighted by Gasteiger charge is 2.33. The first-order chi connectivity index (χ1) is 10.4. The maximum Gasteiger partial charge on any atom is 0.304 e. The van der Waals surface area contributed by atoms with Gasteiger partial charge in [0.25, 0.3) is 0 Å². The molecular weight excluding hydrogens is 284 g/mol. The van der Waals surface area contributed by atoms with Crippen molar-refractivity contribution in [2.45, 2.75) is 26.2 Å². The number of carboxylic acid groups (broad SMARTS) is 1. The fraction of sp³-hybridized carbons (Fsp3) is 0.375. The molecule has 0 saturated heterocycles. The van der Waals surface area contributed by atoms with E-state index in [0.717, 1.165) is 16.0 Å². The van der Waals surface area contributed by atoms with Crippen LogP contribution < -0.4 is 9.30 Å². The third-order valence-electron chi connectivity index (χ3n) is 4.11. The first-order valence-electron chi connectivity index (χ1n) is 6.99. The zero-order chi connectivity index (χ0) is 16.4. The molecule has 0 bridgehead atoms. The van der Waals surface area contributed by atoms with Gasteiger partial charge in [-0.15, -0.1) is 0 Å². The SMILES string of the molecule is COc1ccc([C@@H](CC(=O)O)c2n(O)c(C)c(C)[n+]2C)cc1. The average molecular weight is 305 g/mol. The van der Waals surface area contributed by atoms with Gasteiger partial charge in [0.2, 0.25) is 0 Å². The minimum absolute atomic E-state index is 0.108. The van der Waals surface area contributed by atoms with Crippen molar-refractivity contribution >= 4 is 5.97 Å². The lowest BCUT2D eigenvalue weighted by Gasteiger charge is -2.12. The number of carbonyl (C=O) groups is 1. The second kappa shape index (κ2) is 6.09. The molecule has 2 N–H and O–H groups in total. The Kier molecular flexibility index (Phi) is 4.40. The van der Waals surface area contributed by atoms with Crippen LogP contribution in [0, 0.1) is 13.8 Å². The van der Waals surface area contributed by atoms with Gasteiger partial charge in [0, 0.05) is 13.8 Å². The average Bonchev–Trinajstić information content (AvgIpc) is 2.69.